The van der Waals surface area contributed by atoms with Gasteiger partial charge in [-0.05, 0) is 18.2 Å². The van der Waals surface area contributed by atoms with Crippen molar-refractivity contribution in [3.05, 3.63) is 63.7 Å². The van der Waals surface area contributed by atoms with Gasteiger partial charge in [0.15, 0.2) is 5.82 Å². The Kier molecular flexibility index (Phi) is 3.69. The number of nitro groups is 1. The lowest BCUT2D eigenvalue weighted by Gasteiger charge is -2.07. The lowest BCUT2D eigenvalue weighted by molar-refractivity contribution is -0.385. The van der Waals surface area contributed by atoms with Crippen molar-refractivity contribution in [2.24, 2.45) is 0 Å². The first kappa shape index (κ1) is 13.6. The summed E-state index contributed by atoms with van der Waals surface area (Å²) >= 11 is 0. The molecule has 0 fully saturated rings. The van der Waals surface area contributed by atoms with E-state index < -0.39 is 28.0 Å². The van der Waals surface area contributed by atoms with Crippen molar-refractivity contribution in [1.82, 2.24) is 0 Å². The van der Waals surface area contributed by atoms with Crippen molar-refractivity contribution in [3.8, 4) is 11.5 Å². The van der Waals surface area contributed by atoms with E-state index in [1.165, 1.54) is 0 Å². The van der Waals surface area contributed by atoms with Crippen molar-refractivity contribution in [2.75, 3.05) is 0 Å². The Morgan fingerprint density at radius 2 is 1.95 bits per heavy atom. The van der Waals surface area contributed by atoms with Gasteiger partial charge in [-0.1, -0.05) is 6.07 Å². The fraction of sp³-hybridized carbons (Fsp3) is 0. The maximum atomic E-state index is 13.6. The second-order valence-electron chi connectivity index (χ2n) is 3.79. The van der Waals surface area contributed by atoms with Gasteiger partial charge in [-0.15, -0.1) is 0 Å². The van der Waals surface area contributed by atoms with Crippen molar-refractivity contribution < 1.29 is 23.2 Å². The number of hydrogen-bond acceptors (Lipinski definition) is 4. The van der Waals surface area contributed by atoms with E-state index in [0.29, 0.717) is 6.29 Å². The highest BCUT2D eigenvalue weighted by molar-refractivity contribution is 5.75. The molecule has 0 saturated carbocycles. The molecule has 0 aliphatic heterocycles. The maximum Gasteiger partial charge on any atom is 0.314 e. The molecule has 2 rings (SSSR count). The zero-order valence-electron chi connectivity index (χ0n) is 9.88. The van der Waals surface area contributed by atoms with Crippen molar-refractivity contribution in [2.45, 2.75) is 0 Å². The average molecular weight is 279 g/mol. The highest BCUT2D eigenvalue weighted by atomic mass is 19.1. The molecule has 0 bridgehead atoms. The Labute approximate surface area is 111 Å². The smallest absolute Gasteiger partial charge is 0.314 e. The molecule has 0 atom stereocenters. The number of nitro benzene ring substituents is 1. The van der Waals surface area contributed by atoms with Crippen LogP contribution in [0, 0.1) is 21.7 Å². The predicted molar refractivity (Wildman–Crippen MR) is 64.9 cm³/mol. The van der Waals surface area contributed by atoms with Gasteiger partial charge in [0.05, 0.1) is 4.92 Å². The third-order valence-electron chi connectivity index (χ3n) is 2.39. The molecule has 0 amide bonds. The lowest BCUT2D eigenvalue weighted by Crippen LogP contribution is -1.97. The summed E-state index contributed by atoms with van der Waals surface area (Å²) in [7, 11) is 0. The molecule has 2 aromatic carbocycles. The summed E-state index contributed by atoms with van der Waals surface area (Å²) in [4.78, 5) is 20.6. The van der Waals surface area contributed by atoms with Crippen LogP contribution in [-0.2, 0) is 0 Å². The molecular weight excluding hydrogens is 272 g/mol. The molecule has 102 valence electrons. The molecular formula is C13H7F2NO4. The average Bonchev–Trinajstić information content (AvgIpc) is 2.40. The van der Waals surface area contributed by atoms with E-state index in [1.807, 2.05) is 0 Å². The molecule has 20 heavy (non-hydrogen) atoms. The van der Waals surface area contributed by atoms with Crippen LogP contribution in [0.3, 0.4) is 0 Å². The minimum atomic E-state index is -0.962. The molecule has 0 heterocycles. The molecule has 0 aliphatic carbocycles. The fourth-order valence-corrected chi connectivity index (χ4v) is 1.57. The Bertz CT molecular complexity index is 688. The normalized spacial score (nSPS) is 10.1. The van der Waals surface area contributed by atoms with Crippen LogP contribution in [0.5, 0.6) is 11.5 Å². The number of para-hydroxylation sites is 1. The Balaban J connectivity index is 2.47. The zero-order valence-corrected chi connectivity index (χ0v) is 9.88. The van der Waals surface area contributed by atoms with Crippen LogP contribution in [0.25, 0.3) is 0 Å². The van der Waals surface area contributed by atoms with Crippen LogP contribution < -0.4 is 4.74 Å². The van der Waals surface area contributed by atoms with E-state index in [0.717, 1.165) is 36.4 Å². The van der Waals surface area contributed by atoms with E-state index >= 15 is 0 Å². The molecule has 7 heteroatoms. The largest absolute Gasteiger partial charge is 0.447 e. The van der Waals surface area contributed by atoms with E-state index in [2.05, 4.69) is 0 Å². The summed E-state index contributed by atoms with van der Waals surface area (Å²) in [5.41, 5.74) is -0.624. The first-order valence-electron chi connectivity index (χ1n) is 5.38. The quantitative estimate of drug-likeness (QED) is 0.488. The second kappa shape index (κ2) is 5.43. The van der Waals surface area contributed by atoms with Gasteiger partial charge < -0.3 is 4.74 Å². The standard InChI is InChI=1S/C13H7F2NO4/c14-9-4-8(7-17)5-10(6-9)20-13-11(15)2-1-3-12(13)16(18)19/h1-7H. The number of carbonyl (C=O) groups is 1. The summed E-state index contributed by atoms with van der Waals surface area (Å²) in [5, 5.41) is 10.8. The van der Waals surface area contributed by atoms with Crippen molar-refractivity contribution >= 4 is 12.0 Å². The van der Waals surface area contributed by atoms with Gasteiger partial charge in [0.1, 0.15) is 17.9 Å². The SMILES string of the molecule is O=Cc1cc(F)cc(Oc2c(F)cccc2[N+](=O)[O-])c1. The molecule has 0 spiro atoms. The molecule has 0 saturated heterocycles. The molecule has 0 unspecified atom stereocenters. The highest BCUT2D eigenvalue weighted by Crippen LogP contribution is 2.34. The van der Waals surface area contributed by atoms with E-state index in [1.54, 1.807) is 0 Å². The summed E-state index contributed by atoms with van der Waals surface area (Å²) < 4.78 is 31.8. The van der Waals surface area contributed by atoms with Crippen LogP contribution in [0.2, 0.25) is 0 Å². The van der Waals surface area contributed by atoms with E-state index in [4.69, 9.17) is 4.74 Å². The summed E-state index contributed by atoms with van der Waals surface area (Å²) in [6.45, 7) is 0. The Morgan fingerprint density at radius 1 is 1.20 bits per heavy atom. The first-order chi connectivity index (χ1) is 9.51. The maximum absolute atomic E-state index is 13.6. The van der Waals surface area contributed by atoms with Crippen LogP contribution >= 0.6 is 0 Å². The van der Waals surface area contributed by atoms with Crippen LogP contribution in [0.1, 0.15) is 10.4 Å². The number of hydrogen-bond donors (Lipinski definition) is 0. The molecule has 5 nitrogen and oxygen atoms in total. The van der Waals surface area contributed by atoms with Gasteiger partial charge in [-0.2, -0.15) is 0 Å². The third kappa shape index (κ3) is 2.77. The van der Waals surface area contributed by atoms with Crippen LogP contribution in [0.15, 0.2) is 36.4 Å². The lowest BCUT2D eigenvalue weighted by atomic mass is 10.2. The van der Waals surface area contributed by atoms with E-state index in [9.17, 15) is 23.7 Å². The first-order valence-corrected chi connectivity index (χ1v) is 5.38. The fourth-order valence-electron chi connectivity index (χ4n) is 1.57. The van der Waals surface area contributed by atoms with Gasteiger partial charge in [0, 0.05) is 17.7 Å². The monoisotopic (exact) mass is 279 g/mol. The summed E-state index contributed by atoms with van der Waals surface area (Å²) in [6.07, 6.45) is 0.381. The van der Waals surface area contributed by atoms with Crippen molar-refractivity contribution in [1.29, 1.82) is 0 Å². The minimum Gasteiger partial charge on any atom is -0.447 e. The number of nitrogens with zero attached hydrogens (tertiary/aromatic N) is 1. The minimum absolute atomic E-state index is 0.0287. The van der Waals surface area contributed by atoms with Gasteiger partial charge in [0.25, 0.3) is 0 Å². The number of halogens is 2. The number of ether oxygens (including phenoxy) is 1. The molecule has 2 aromatic rings. The van der Waals surface area contributed by atoms with Gasteiger partial charge in [-0.3, -0.25) is 14.9 Å². The number of carbonyl (C=O) groups excluding carboxylic acids is 1. The van der Waals surface area contributed by atoms with E-state index in [-0.39, 0.29) is 11.3 Å². The second-order valence-corrected chi connectivity index (χ2v) is 3.79. The highest BCUT2D eigenvalue weighted by Gasteiger charge is 2.20. The predicted octanol–water partition coefficient (Wildman–Crippen LogP) is 3.48. The Morgan fingerprint density at radius 3 is 2.60 bits per heavy atom. The Hall–Kier alpha value is -2.83. The number of aldehydes is 1. The van der Waals surface area contributed by atoms with Crippen LogP contribution in [0.4, 0.5) is 14.5 Å². The van der Waals surface area contributed by atoms with Gasteiger partial charge in [0.2, 0.25) is 5.75 Å². The zero-order chi connectivity index (χ0) is 14.7. The van der Waals surface area contributed by atoms with Gasteiger partial charge in [-0.25, -0.2) is 8.78 Å². The summed E-state index contributed by atoms with van der Waals surface area (Å²) in [6, 6.07) is 6.17. The number of rotatable bonds is 4. The third-order valence-corrected chi connectivity index (χ3v) is 2.39. The molecule has 0 radical (unpaired) electrons. The number of benzene rings is 2. The van der Waals surface area contributed by atoms with Crippen molar-refractivity contribution in [3.63, 3.8) is 0 Å². The summed E-state index contributed by atoms with van der Waals surface area (Å²) in [5.74, 6) is -2.58. The molecule has 0 aromatic heterocycles. The van der Waals surface area contributed by atoms with Crippen LogP contribution in [-0.4, -0.2) is 11.2 Å². The molecule has 0 N–H and O–H groups in total. The topological polar surface area (TPSA) is 69.4 Å². The molecule has 0 aliphatic rings. The van der Waals surface area contributed by atoms with Gasteiger partial charge >= 0.3 is 5.69 Å².